The van der Waals surface area contributed by atoms with Gasteiger partial charge >= 0.3 is 0 Å². The molecule has 0 bridgehead atoms. The second kappa shape index (κ2) is 10.1. The molecule has 3 heteroatoms. The monoisotopic (exact) mass is 551 g/mol. The topological polar surface area (TPSA) is 30.2 Å². The summed E-state index contributed by atoms with van der Waals surface area (Å²) < 4.78 is 2.07. The van der Waals surface area contributed by atoms with Crippen LogP contribution < -0.4 is 0 Å². The standard InChI is InChI=1S/C40H29N3/c1-26-10-3-4-13-33(26)36-25-31(18-17-27(36)2)29-21-19-28(20-22-29)30-11-9-12-32(24-30)38-34-14-5-6-15-35(34)39-40(42-38)43-23-8-7-16-37(43)41-39/h3-25H,1-2H3. The third-order valence-corrected chi connectivity index (χ3v) is 8.52. The minimum Gasteiger partial charge on any atom is -0.284 e. The highest BCUT2D eigenvalue weighted by Crippen LogP contribution is 2.36. The largest absolute Gasteiger partial charge is 0.284 e. The van der Waals surface area contributed by atoms with Crippen molar-refractivity contribution in [3.8, 4) is 44.6 Å². The predicted molar refractivity (Wildman–Crippen MR) is 179 cm³/mol. The van der Waals surface area contributed by atoms with Crippen LogP contribution in [0, 0.1) is 13.8 Å². The zero-order valence-corrected chi connectivity index (χ0v) is 24.1. The van der Waals surface area contributed by atoms with E-state index >= 15 is 0 Å². The summed E-state index contributed by atoms with van der Waals surface area (Å²) in [4.78, 5) is 10.1. The maximum Gasteiger partial charge on any atom is 0.165 e. The van der Waals surface area contributed by atoms with Gasteiger partial charge in [0.2, 0.25) is 0 Å². The zero-order valence-electron chi connectivity index (χ0n) is 24.1. The van der Waals surface area contributed by atoms with Crippen molar-refractivity contribution in [2.45, 2.75) is 13.8 Å². The number of fused-ring (bicyclic) bond motifs is 5. The Balaban J connectivity index is 1.19. The van der Waals surface area contributed by atoms with Crippen LogP contribution in [-0.4, -0.2) is 14.4 Å². The Morgan fingerprint density at radius 1 is 0.465 bits per heavy atom. The van der Waals surface area contributed by atoms with Crippen LogP contribution in [0.3, 0.4) is 0 Å². The third-order valence-electron chi connectivity index (χ3n) is 8.52. The molecule has 0 amide bonds. The molecule has 204 valence electrons. The summed E-state index contributed by atoms with van der Waals surface area (Å²) in [5.41, 5.74) is 14.7. The molecule has 0 unspecified atom stereocenters. The molecule has 0 aliphatic carbocycles. The molecule has 0 atom stereocenters. The molecule has 0 N–H and O–H groups in total. The molecule has 0 saturated heterocycles. The summed E-state index contributed by atoms with van der Waals surface area (Å²) in [6, 6.07) is 47.5. The molecule has 8 rings (SSSR count). The van der Waals surface area contributed by atoms with Crippen molar-refractivity contribution >= 4 is 27.6 Å². The third kappa shape index (κ3) is 4.29. The number of aryl methyl sites for hydroxylation is 2. The Morgan fingerprint density at radius 3 is 1.93 bits per heavy atom. The molecule has 0 spiro atoms. The van der Waals surface area contributed by atoms with Crippen LogP contribution in [0.15, 0.2) is 140 Å². The molecule has 0 saturated carbocycles. The molecular formula is C40H29N3. The van der Waals surface area contributed by atoms with E-state index in [0.29, 0.717) is 0 Å². The van der Waals surface area contributed by atoms with Crippen molar-refractivity contribution in [2.75, 3.05) is 0 Å². The van der Waals surface area contributed by atoms with Gasteiger partial charge in [0.1, 0.15) is 11.2 Å². The van der Waals surface area contributed by atoms with Gasteiger partial charge in [0.05, 0.1) is 5.69 Å². The molecule has 43 heavy (non-hydrogen) atoms. The van der Waals surface area contributed by atoms with Crippen molar-refractivity contribution in [1.82, 2.24) is 14.4 Å². The normalized spacial score (nSPS) is 11.5. The summed E-state index contributed by atoms with van der Waals surface area (Å²) in [7, 11) is 0. The van der Waals surface area contributed by atoms with Crippen LogP contribution in [-0.2, 0) is 0 Å². The molecular weight excluding hydrogens is 522 g/mol. The molecule has 0 aliphatic heterocycles. The van der Waals surface area contributed by atoms with Crippen molar-refractivity contribution < 1.29 is 0 Å². The number of hydrogen-bond donors (Lipinski definition) is 0. The van der Waals surface area contributed by atoms with Gasteiger partial charge < -0.3 is 0 Å². The SMILES string of the molecule is Cc1ccccc1-c1cc(-c2ccc(-c3cccc(-c4nc5c(nc6ccccn65)c5ccccc45)c3)cc2)ccc1C. The highest BCUT2D eigenvalue weighted by molar-refractivity contribution is 6.09. The number of benzene rings is 5. The number of imidazole rings is 1. The fraction of sp³-hybridized carbons (Fsp3) is 0.0500. The van der Waals surface area contributed by atoms with Crippen LogP contribution >= 0.6 is 0 Å². The molecule has 3 heterocycles. The van der Waals surface area contributed by atoms with Crippen LogP contribution in [0.5, 0.6) is 0 Å². The summed E-state index contributed by atoms with van der Waals surface area (Å²) in [6.07, 6.45) is 2.03. The van der Waals surface area contributed by atoms with Gasteiger partial charge in [-0.15, -0.1) is 0 Å². The van der Waals surface area contributed by atoms with E-state index in [1.54, 1.807) is 0 Å². The quantitative estimate of drug-likeness (QED) is 0.218. The fourth-order valence-electron chi connectivity index (χ4n) is 6.22. The van der Waals surface area contributed by atoms with Crippen molar-refractivity contribution in [2.24, 2.45) is 0 Å². The first kappa shape index (κ1) is 25.2. The van der Waals surface area contributed by atoms with E-state index in [4.69, 9.17) is 9.97 Å². The first-order chi connectivity index (χ1) is 21.1. The lowest BCUT2D eigenvalue weighted by Crippen LogP contribution is -1.92. The lowest BCUT2D eigenvalue weighted by atomic mass is 9.92. The van der Waals surface area contributed by atoms with Crippen LogP contribution in [0.2, 0.25) is 0 Å². The summed E-state index contributed by atoms with van der Waals surface area (Å²) >= 11 is 0. The first-order valence-electron chi connectivity index (χ1n) is 14.7. The maximum absolute atomic E-state index is 5.20. The number of nitrogens with zero attached hydrogens (tertiary/aromatic N) is 3. The van der Waals surface area contributed by atoms with Crippen LogP contribution in [0.25, 0.3) is 72.2 Å². The van der Waals surface area contributed by atoms with Crippen LogP contribution in [0.1, 0.15) is 11.1 Å². The van der Waals surface area contributed by atoms with Gasteiger partial charge in [0, 0.05) is 22.5 Å². The smallest absolute Gasteiger partial charge is 0.165 e. The molecule has 5 aromatic carbocycles. The predicted octanol–water partition coefficient (Wildman–Crippen LogP) is 10.3. The molecule has 0 fully saturated rings. The van der Waals surface area contributed by atoms with E-state index in [-0.39, 0.29) is 0 Å². The average molecular weight is 552 g/mol. The highest BCUT2D eigenvalue weighted by Gasteiger charge is 2.15. The summed E-state index contributed by atoms with van der Waals surface area (Å²) in [5, 5.41) is 2.22. The Labute approximate surface area is 250 Å². The molecule has 8 aromatic rings. The average Bonchev–Trinajstić information content (AvgIpc) is 3.44. The van der Waals surface area contributed by atoms with E-state index in [1.807, 2.05) is 24.4 Å². The van der Waals surface area contributed by atoms with E-state index in [0.717, 1.165) is 44.4 Å². The Morgan fingerprint density at radius 2 is 1.12 bits per heavy atom. The van der Waals surface area contributed by atoms with Crippen molar-refractivity contribution in [3.05, 3.63) is 151 Å². The Bertz CT molecular complexity index is 2310. The first-order valence-corrected chi connectivity index (χ1v) is 14.7. The highest BCUT2D eigenvalue weighted by atomic mass is 15.1. The molecule has 3 nitrogen and oxygen atoms in total. The van der Waals surface area contributed by atoms with E-state index in [9.17, 15) is 0 Å². The van der Waals surface area contributed by atoms with Crippen molar-refractivity contribution in [3.63, 3.8) is 0 Å². The minimum atomic E-state index is 0.877. The maximum atomic E-state index is 5.20. The molecule has 3 aromatic heterocycles. The number of aromatic nitrogens is 3. The van der Waals surface area contributed by atoms with Gasteiger partial charge in [-0.2, -0.15) is 0 Å². The van der Waals surface area contributed by atoms with Crippen LogP contribution in [0.4, 0.5) is 0 Å². The van der Waals surface area contributed by atoms with Gasteiger partial charge in [-0.05, 0) is 82.6 Å². The second-order valence-electron chi connectivity index (χ2n) is 11.2. The van der Waals surface area contributed by atoms with Crippen molar-refractivity contribution in [1.29, 1.82) is 0 Å². The van der Waals surface area contributed by atoms with Gasteiger partial charge in [-0.25, -0.2) is 9.97 Å². The van der Waals surface area contributed by atoms with Gasteiger partial charge in [-0.3, -0.25) is 4.40 Å². The Hall–Kier alpha value is -5.54. The fourth-order valence-corrected chi connectivity index (χ4v) is 6.22. The summed E-state index contributed by atoms with van der Waals surface area (Å²) in [6.45, 7) is 4.37. The zero-order chi connectivity index (χ0) is 28.9. The lowest BCUT2D eigenvalue weighted by Gasteiger charge is -2.13. The molecule has 0 radical (unpaired) electrons. The second-order valence-corrected chi connectivity index (χ2v) is 11.2. The number of pyridine rings is 2. The summed E-state index contributed by atoms with van der Waals surface area (Å²) in [5.74, 6) is 0. The lowest BCUT2D eigenvalue weighted by molar-refractivity contribution is 1.19. The number of hydrogen-bond acceptors (Lipinski definition) is 2. The van der Waals surface area contributed by atoms with E-state index in [1.165, 1.54) is 38.9 Å². The van der Waals surface area contributed by atoms with Gasteiger partial charge in [0.25, 0.3) is 0 Å². The van der Waals surface area contributed by atoms with Gasteiger partial charge in [0.15, 0.2) is 5.65 Å². The minimum absolute atomic E-state index is 0.877. The number of rotatable bonds is 4. The molecule has 0 aliphatic rings. The van der Waals surface area contributed by atoms with E-state index in [2.05, 4.69) is 134 Å². The van der Waals surface area contributed by atoms with E-state index < -0.39 is 0 Å². The Kier molecular flexibility index (Phi) is 5.90. The van der Waals surface area contributed by atoms with Gasteiger partial charge in [-0.1, -0.05) is 109 Å².